The van der Waals surface area contributed by atoms with E-state index in [4.69, 9.17) is 27.9 Å². The number of rotatable bonds is 2. The minimum absolute atomic E-state index is 0.296. The number of anilines is 1. The van der Waals surface area contributed by atoms with Gasteiger partial charge in [-0.05, 0) is 48.5 Å². The van der Waals surface area contributed by atoms with Crippen molar-refractivity contribution in [1.82, 2.24) is 0 Å². The number of hydrogen-bond acceptors (Lipinski definition) is 3. The van der Waals surface area contributed by atoms with Gasteiger partial charge in [0.15, 0.2) is 0 Å². The fourth-order valence-corrected chi connectivity index (χ4v) is 4.00. The molecular weight excluding hydrogens is 421 g/mol. The standard InChI is InChI=1S/C24H15Cl2NO3/c25-16-9-5-14(6-10-16)21-13-19(22-18-3-1-2-4-20(18)27-23(22)28)24(29,30-21)15-7-11-17(26)12-8-15/h1-13,29H,(H,27,28)/b22-19+. The van der Waals surface area contributed by atoms with Crippen LogP contribution >= 0.6 is 23.2 Å². The van der Waals surface area contributed by atoms with E-state index >= 15 is 0 Å². The zero-order valence-electron chi connectivity index (χ0n) is 15.5. The van der Waals surface area contributed by atoms with Gasteiger partial charge in [0, 0.05) is 38.0 Å². The largest absolute Gasteiger partial charge is 0.453 e. The van der Waals surface area contributed by atoms with Crippen molar-refractivity contribution < 1.29 is 14.6 Å². The smallest absolute Gasteiger partial charge is 0.262 e. The minimum Gasteiger partial charge on any atom is -0.453 e. The molecule has 0 aliphatic carbocycles. The third-order valence-electron chi connectivity index (χ3n) is 5.20. The highest BCUT2D eigenvalue weighted by Crippen LogP contribution is 2.48. The van der Waals surface area contributed by atoms with Gasteiger partial charge in [-0.3, -0.25) is 4.79 Å². The van der Waals surface area contributed by atoms with Crippen molar-refractivity contribution in [3.8, 4) is 0 Å². The molecule has 3 aromatic carbocycles. The molecule has 0 radical (unpaired) electrons. The lowest BCUT2D eigenvalue weighted by Gasteiger charge is -2.27. The number of carbonyl (C=O) groups is 1. The topological polar surface area (TPSA) is 58.6 Å². The Hall–Kier alpha value is -3.05. The van der Waals surface area contributed by atoms with E-state index in [1.165, 1.54) is 0 Å². The van der Waals surface area contributed by atoms with Crippen molar-refractivity contribution in [2.75, 3.05) is 5.32 Å². The third-order valence-corrected chi connectivity index (χ3v) is 5.71. The van der Waals surface area contributed by atoms with Gasteiger partial charge in [-0.2, -0.15) is 0 Å². The molecule has 0 saturated heterocycles. The fourth-order valence-electron chi connectivity index (χ4n) is 3.75. The third kappa shape index (κ3) is 3.01. The van der Waals surface area contributed by atoms with Crippen LogP contribution in [0.25, 0.3) is 11.3 Å². The Kier molecular flexibility index (Phi) is 4.44. The van der Waals surface area contributed by atoms with E-state index in [2.05, 4.69) is 5.32 Å². The molecule has 2 aliphatic heterocycles. The second-order valence-corrected chi connectivity index (χ2v) is 7.93. The Balaban J connectivity index is 1.74. The molecule has 0 fully saturated rings. The summed E-state index contributed by atoms with van der Waals surface area (Å²) in [5, 5.41) is 15.7. The van der Waals surface area contributed by atoms with Crippen LogP contribution < -0.4 is 5.32 Å². The Morgan fingerprint density at radius 3 is 2.20 bits per heavy atom. The number of benzene rings is 3. The Morgan fingerprint density at radius 2 is 1.50 bits per heavy atom. The second-order valence-electron chi connectivity index (χ2n) is 7.06. The number of fused-ring (bicyclic) bond motifs is 1. The van der Waals surface area contributed by atoms with E-state index in [0.717, 1.165) is 5.56 Å². The summed E-state index contributed by atoms with van der Waals surface area (Å²) in [6.07, 6.45) is 1.70. The van der Waals surface area contributed by atoms with Crippen LogP contribution in [0.2, 0.25) is 10.0 Å². The van der Waals surface area contributed by atoms with E-state index in [-0.39, 0.29) is 5.91 Å². The maximum atomic E-state index is 12.9. The first-order chi connectivity index (χ1) is 14.5. The van der Waals surface area contributed by atoms with Gasteiger partial charge < -0.3 is 15.2 Å². The number of aliphatic hydroxyl groups is 1. The molecule has 2 heterocycles. The summed E-state index contributed by atoms with van der Waals surface area (Å²) in [5.74, 6) is -1.72. The molecule has 1 atom stereocenters. The molecule has 30 heavy (non-hydrogen) atoms. The van der Waals surface area contributed by atoms with Gasteiger partial charge in [0.2, 0.25) is 0 Å². The van der Waals surface area contributed by atoms with Gasteiger partial charge in [0.05, 0.1) is 5.57 Å². The summed E-state index contributed by atoms with van der Waals surface area (Å²) < 4.78 is 6.08. The van der Waals surface area contributed by atoms with E-state index in [0.29, 0.717) is 43.8 Å². The summed E-state index contributed by atoms with van der Waals surface area (Å²) in [7, 11) is 0. The summed E-state index contributed by atoms with van der Waals surface area (Å²) in [4.78, 5) is 12.9. The molecule has 4 nitrogen and oxygen atoms in total. The number of hydrogen-bond donors (Lipinski definition) is 2. The number of para-hydroxylation sites is 1. The molecule has 1 unspecified atom stereocenters. The Bertz CT molecular complexity index is 1230. The van der Waals surface area contributed by atoms with Crippen molar-refractivity contribution in [2.24, 2.45) is 0 Å². The lowest BCUT2D eigenvalue weighted by atomic mass is 9.91. The SMILES string of the molecule is O=C1Nc2ccccc2/C1=C1/C=C(c2ccc(Cl)cc2)OC1(O)c1ccc(Cl)cc1. The maximum Gasteiger partial charge on any atom is 0.262 e. The molecule has 2 N–H and O–H groups in total. The quantitative estimate of drug-likeness (QED) is 0.513. The van der Waals surface area contributed by atoms with Crippen molar-refractivity contribution in [3.63, 3.8) is 0 Å². The first-order valence-corrected chi connectivity index (χ1v) is 10.0. The van der Waals surface area contributed by atoms with Crippen LogP contribution in [-0.2, 0) is 15.3 Å². The molecule has 2 aliphatic rings. The van der Waals surface area contributed by atoms with Crippen molar-refractivity contribution in [3.05, 3.63) is 111 Å². The number of amides is 1. The van der Waals surface area contributed by atoms with Crippen LogP contribution in [0.4, 0.5) is 5.69 Å². The fraction of sp³-hybridized carbons (Fsp3) is 0.0417. The molecule has 148 valence electrons. The van der Waals surface area contributed by atoms with Gasteiger partial charge in [0.1, 0.15) is 5.76 Å². The van der Waals surface area contributed by atoms with E-state index in [1.54, 1.807) is 54.6 Å². The molecule has 0 bridgehead atoms. The van der Waals surface area contributed by atoms with Gasteiger partial charge in [-0.25, -0.2) is 0 Å². The lowest BCUT2D eigenvalue weighted by Crippen LogP contribution is -2.28. The second kappa shape index (κ2) is 7.03. The first kappa shape index (κ1) is 18.9. The summed E-state index contributed by atoms with van der Waals surface area (Å²) >= 11 is 12.0. The summed E-state index contributed by atoms with van der Waals surface area (Å²) in [6.45, 7) is 0. The van der Waals surface area contributed by atoms with Gasteiger partial charge in [0.25, 0.3) is 11.7 Å². The maximum absolute atomic E-state index is 12.9. The molecular formula is C24H15Cl2NO3. The molecule has 0 aromatic heterocycles. The lowest BCUT2D eigenvalue weighted by molar-refractivity contribution is -0.121. The van der Waals surface area contributed by atoms with E-state index < -0.39 is 5.79 Å². The molecule has 5 rings (SSSR count). The van der Waals surface area contributed by atoms with Gasteiger partial charge in [-0.15, -0.1) is 0 Å². The summed E-state index contributed by atoms with van der Waals surface area (Å²) in [5.41, 5.74) is 3.32. The number of nitrogens with one attached hydrogen (secondary N) is 1. The van der Waals surface area contributed by atoms with Crippen molar-refractivity contribution >= 4 is 46.1 Å². The first-order valence-electron chi connectivity index (χ1n) is 9.26. The monoisotopic (exact) mass is 435 g/mol. The average Bonchev–Trinajstić information content (AvgIpc) is 3.25. The molecule has 1 amide bonds. The number of ether oxygens (including phenoxy) is 1. The number of halogens is 2. The van der Waals surface area contributed by atoms with Crippen LogP contribution in [0.3, 0.4) is 0 Å². The predicted molar refractivity (Wildman–Crippen MR) is 118 cm³/mol. The van der Waals surface area contributed by atoms with Crippen LogP contribution in [0.15, 0.2) is 84.4 Å². The van der Waals surface area contributed by atoms with Crippen molar-refractivity contribution in [2.45, 2.75) is 5.79 Å². The van der Waals surface area contributed by atoms with Crippen LogP contribution in [-0.4, -0.2) is 11.0 Å². The molecule has 0 saturated carbocycles. The van der Waals surface area contributed by atoms with Gasteiger partial charge in [-0.1, -0.05) is 53.5 Å². The van der Waals surface area contributed by atoms with E-state index in [1.807, 2.05) is 24.3 Å². The van der Waals surface area contributed by atoms with E-state index in [9.17, 15) is 9.90 Å². The molecule has 0 spiro atoms. The van der Waals surface area contributed by atoms with Crippen LogP contribution in [0.5, 0.6) is 0 Å². The zero-order chi connectivity index (χ0) is 20.9. The molecule has 6 heteroatoms. The average molecular weight is 436 g/mol. The van der Waals surface area contributed by atoms with Crippen molar-refractivity contribution in [1.29, 1.82) is 0 Å². The van der Waals surface area contributed by atoms with Gasteiger partial charge >= 0.3 is 0 Å². The zero-order valence-corrected chi connectivity index (χ0v) is 17.0. The molecule has 3 aromatic rings. The highest BCUT2D eigenvalue weighted by Gasteiger charge is 2.46. The Labute approximate surface area is 183 Å². The number of carbonyl (C=O) groups excluding carboxylic acids is 1. The summed E-state index contributed by atoms with van der Waals surface area (Å²) in [6, 6.07) is 21.1. The normalized spacial score (nSPS) is 22.4. The predicted octanol–water partition coefficient (Wildman–Crippen LogP) is 5.62. The Morgan fingerprint density at radius 1 is 0.867 bits per heavy atom. The highest BCUT2D eigenvalue weighted by atomic mass is 35.5. The highest BCUT2D eigenvalue weighted by molar-refractivity contribution is 6.33. The van der Waals surface area contributed by atoms with Crippen LogP contribution in [0, 0.1) is 0 Å². The van der Waals surface area contributed by atoms with Crippen LogP contribution in [0.1, 0.15) is 16.7 Å². The minimum atomic E-state index is -1.86.